The third-order valence-corrected chi connectivity index (χ3v) is 6.87. The van der Waals surface area contributed by atoms with E-state index in [-0.39, 0.29) is 48.7 Å². The van der Waals surface area contributed by atoms with Gasteiger partial charge in [0.2, 0.25) is 5.91 Å². The number of anilines is 1. The van der Waals surface area contributed by atoms with Gasteiger partial charge < -0.3 is 29.9 Å². The first-order valence-electron chi connectivity index (χ1n) is 12.9. The number of carbonyl (C=O) groups excluding carboxylic acids is 3. The third kappa shape index (κ3) is 6.87. The lowest BCUT2D eigenvalue weighted by Gasteiger charge is -2.42. The summed E-state index contributed by atoms with van der Waals surface area (Å²) >= 11 is 0. The van der Waals surface area contributed by atoms with Crippen molar-refractivity contribution in [2.75, 3.05) is 46.2 Å². The van der Waals surface area contributed by atoms with Crippen molar-refractivity contribution in [2.45, 2.75) is 43.9 Å². The number of nitrogens with zero attached hydrogens (tertiary/aromatic N) is 2. The number of hydrogen-bond donors (Lipinski definition) is 2. The van der Waals surface area contributed by atoms with Crippen LogP contribution in [0.5, 0.6) is 5.75 Å². The summed E-state index contributed by atoms with van der Waals surface area (Å²) in [4.78, 5) is 42.1. The van der Waals surface area contributed by atoms with Crippen molar-refractivity contribution in [3.63, 3.8) is 0 Å². The monoisotopic (exact) mass is 526 g/mol. The molecule has 10 heteroatoms. The van der Waals surface area contributed by atoms with Crippen molar-refractivity contribution in [1.29, 1.82) is 0 Å². The molecule has 204 valence electrons. The van der Waals surface area contributed by atoms with Gasteiger partial charge in [0, 0.05) is 24.8 Å². The maximum atomic E-state index is 13.5. The summed E-state index contributed by atoms with van der Waals surface area (Å²) < 4.78 is 25.7. The van der Waals surface area contributed by atoms with E-state index in [9.17, 15) is 18.8 Å². The molecule has 1 fully saturated rings. The Labute approximate surface area is 222 Å². The molecule has 4 rings (SSSR count). The van der Waals surface area contributed by atoms with E-state index in [0.29, 0.717) is 36.4 Å². The zero-order valence-corrected chi connectivity index (χ0v) is 22.0. The van der Waals surface area contributed by atoms with Gasteiger partial charge in [-0.1, -0.05) is 6.07 Å². The SMILES string of the molecule is CN(C)CCCNC(=O)C[C@@H]1CC[C@H]2[C@H](COc3ccc(NC(=O)c4cccc(F)c4)cc3C(=O)N2C)O1. The number of fused-ring (bicyclic) bond motifs is 2. The predicted molar refractivity (Wildman–Crippen MR) is 141 cm³/mol. The molecule has 0 aliphatic carbocycles. The second-order valence-electron chi connectivity index (χ2n) is 10.1. The van der Waals surface area contributed by atoms with Crippen molar-refractivity contribution in [3.05, 3.63) is 59.4 Å². The van der Waals surface area contributed by atoms with E-state index < -0.39 is 11.7 Å². The van der Waals surface area contributed by atoms with Crippen LogP contribution >= 0.6 is 0 Å². The summed E-state index contributed by atoms with van der Waals surface area (Å²) in [7, 11) is 5.73. The van der Waals surface area contributed by atoms with E-state index in [4.69, 9.17) is 9.47 Å². The zero-order chi connectivity index (χ0) is 27.2. The molecule has 2 aromatic rings. The Kier molecular flexibility index (Phi) is 8.96. The summed E-state index contributed by atoms with van der Waals surface area (Å²) in [6.07, 6.45) is 1.88. The van der Waals surface area contributed by atoms with Crippen LogP contribution in [0.1, 0.15) is 46.4 Å². The quantitative estimate of drug-likeness (QED) is 0.513. The topological polar surface area (TPSA) is 100 Å². The first kappa shape index (κ1) is 27.5. The summed E-state index contributed by atoms with van der Waals surface area (Å²) in [6, 6.07) is 10.0. The Morgan fingerprint density at radius 3 is 2.74 bits per heavy atom. The molecule has 2 N–H and O–H groups in total. The van der Waals surface area contributed by atoms with Crippen molar-refractivity contribution >= 4 is 23.4 Å². The summed E-state index contributed by atoms with van der Waals surface area (Å²) in [5, 5.41) is 5.66. The molecule has 0 unspecified atom stereocenters. The average Bonchev–Trinajstić information content (AvgIpc) is 2.89. The molecule has 0 saturated carbocycles. The fraction of sp³-hybridized carbons (Fsp3) is 0.464. The molecule has 9 nitrogen and oxygen atoms in total. The number of amides is 3. The van der Waals surface area contributed by atoms with Gasteiger partial charge in [-0.3, -0.25) is 14.4 Å². The highest BCUT2D eigenvalue weighted by atomic mass is 19.1. The first-order valence-corrected chi connectivity index (χ1v) is 12.9. The number of benzene rings is 2. The van der Waals surface area contributed by atoms with Gasteiger partial charge in [-0.25, -0.2) is 4.39 Å². The molecule has 0 spiro atoms. The fourth-order valence-electron chi connectivity index (χ4n) is 4.84. The van der Waals surface area contributed by atoms with Gasteiger partial charge in [0.25, 0.3) is 11.8 Å². The standard InChI is InChI=1S/C28H35FN4O5/c1-32(2)13-5-12-30-26(34)16-21-9-10-23-25(38-21)17-37-24-11-8-20(15-22(24)28(36)33(23)3)31-27(35)18-6-4-7-19(29)14-18/h4,6-8,11,14-15,21,23,25H,5,9-10,12-13,16-17H2,1-3H3,(H,30,34)(H,31,35)/t21-,23-,25-/m0/s1. The number of nitrogens with one attached hydrogen (secondary N) is 2. The van der Waals surface area contributed by atoms with Gasteiger partial charge in [0.1, 0.15) is 24.3 Å². The van der Waals surface area contributed by atoms with Crippen molar-refractivity contribution < 1.29 is 28.2 Å². The molecule has 38 heavy (non-hydrogen) atoms. The minimum atomic E-state index is -0.506. The van der Waals surface area contributed by atoms with E-state index in [1.165, 1.54) is 18.2 Å². The Hall–Kier alpha value is -3.50. The third-order valence-electron chi connectivity index (χ3n) is 6.87. The Balaban J connectivity index is 1.39. The van der Waals surface area contributed by atoms with Crippen molar-refractivity contribution in [2.24, 2.45) is 0 Å². The molecule has 2 aliphatic heterocycles. The largest absolute Gasteiger partial charge is 0.490 e. The van der Waals surface area contributed by atoms with Gasteiger partial charge >= 0.3 is 0 Å². The molecule has 2 aliphatic rings. The van der Waals surface area contributed by atoms with E-state index in [0.717, 1.165) is 19.0 Å². The van der Waals surface area contributed by atoms with Crippen LogP contribution in [-0.4, -0.2) is 86.6 Å². The van der Waals surface area contributed by atoms with Gasteiger partial charge in [-0.15, -0.1) is 0 Å². The van der Waals surface area contributed by atoms with Crippen LogP contribution in [0.3, 0.4) is 0 Å². The molecule has 3 amide bonds. The van der Waals surface area contributed by atoms with Gasteiger partial charge in [0.15, 0.2) is 0 Å². The molecular weight excluding hydrogens is 491 g/mol. The van der Waals surface area contributed by atoms with Crippen molar-refractivity contribution in [1.82, 2.24) is 15.1 Å². The van der Waals surface area contributed by atoms with Crippen LogP contribution in [-0.2, 0) is 9.53 Å². The maximum Gasteiger partial charge on any atom is 0.257 e. The molecular formula is C28H35FN4O5. The molecule has 0 radical (unpaired) electrons. The Morgan fingerprint density at radius 2 is 1.97 bits per heavy atom. The summed E-state index contributed by atoms with van der Waals surface area (Å²) in [5.74, 6) is -0.897. The van der Waals surface area contributed by atoms with E-state index in [1.807, 2.05) is 14.1 Å². The van der Waals surface area contributed by atoms with E-state index in [1.54, 1.807) is 30.1 Å². The molecule has 1 saturated heterocycles. The zero-order valence-electron chi connectivity index (χ0n) is 22.0. The highest BCUT2D eigenvalue weighted by Crippen LogP contribution is 2.32. The second-order valence-corrected chi connectivity index (χ2v) is 10.1. The first-order chi connectivity index (χ1) is 18.2. The van der Waals surface area contributed by atoms with Crippen LogP contribution in [0.15, 0.2) is 42.5 Å². The van der Waals surface area contributed by atoms with Crippen LogP contribution in [0.4, 0.5) is 10.1 Å². The molecule has 0 bridgehead atoms. The van der Waals surface area contributed by atoms with Crippen LogP contribution in [0, 0.1) is 5.82 Å². The molecule has 2 heterocycles. The molecule has 0 aromatic heterocycles. The maximum absolute atomic E-state index is 13.5. The Morgan fingerprint density at radius 1 is 1.16 bits per heavy atom. The lowest BCUT2D eigenvalue weighted by Crippen LogP contribution is -2.54. The van der Waals surface area contributed by atoms with Crippen LogP contribution < -0.4 is 15.4 Å². The highest BCUT2D eigenvalue weighted by Gasteiger charge is 2.39. The average molecular weight is 527 g/mol. The number of hydrogen-bond acceptors (Lipinski definition) is 6. The number of carbonyl (C=O) groups is 3. The van der Waals surface area contributed by atoms with Crippen molar-refractivity contribution in [3.8, 4) is 5.75 Å². The lowest BCUT2D eigenvalue weighted by molar-refractivity contribution is -0.134. The predicted octanol–water partition coefficient (Wildman–Crippen LogP) is 2.92. The van der Waals surface area contributed by atoms with Crippen LogP contribution in [0.2, 0.25) is 0 Å². The van der Waals surface area contributed by atoms with Gasteiger partial charge in [-0.05, 0) is 76.3 Å². The molecule has 2 aromatic carbocycles. The van der Waals surface area contributed by atoms with Crippen LogP contribution in [0.25, 0.3) is 0 Å². The summed E-state index contributed by atoms with van der Waals surface area (Å²) in [6.45, 7) is 1.76. The number of halogens is 1. The fourth-order valence-corrected chi connectivity index (χ4v) is 4.84. The normalized spacial score (nSPS) is 21.0. The minimum absolute atomic E-state index is 0.0402. The molecule has 3 atom stereocenters. The highest BCUT2D eigenvalue weighted by molar-refractivity contribution is 6.05. The second kappa shape index (κ2) is 12.4. The lowest BCUT2D eigenvalue weighted by atomic mass is 9.94. The number of rotatable bonds is 8. The van der Waals surface area contributed by atoms with Gasteiger partial charge in [0.05, 0.1) is 24.1 Å². The van der Waals surface area contributed by atoms with Gasteiger partial charge in [-0.2, -0.15) is 0 Å². The minimum Gasteiger partial charge on any atom is -0.490 e. The number of ether oxygens (including phenoxy) is 2. The van der Waals surface area contributed by atoms with E-state index in [2.05, 4.69) is 15.5 Å². The smallest absolute Gasteiger partial charge is 0.257 e. The summed E-state index contributed by atoms with van der Waals surface area (Å²) in [5.41, 5.74) is 0.898. The number of likely N-dealkylation sites (N-methyl/N-ethyl adjacent to an activating group) is 1. The Bertz CT molecular complexity index is 1170. The van der Waals surface area contributed by atoms with E-state index >= 15 is 0 Å².